The topological polar surface area (TPSA) is 71.1 Å². The molecule has 0 fully saturated rings. The molecule has 52 heavy (non-hydrogen) atoms. The first-order chi connectivity index (χ1) is 25.6. The van der Waals surface area contributed by atoms with Crippen molar-refractivity contribution in [1.29, 1.82) is 0 Å². The number of fused-ring (bicyclic) bond motifs is 1. The van der Waals surface area contributed by atoms with Crippen LogP contribution in [-0.2, 0) is 22.6 Å². The zero-order valence-corrected chi connectivity index (χ0v) is 32.1. The number of hydrogen-bond acceptors (Lipinski definition) is 6. The van der Waals surface area contributed by atoms with Crippen LogP contribution in [0.15, 0.2) is 66.7 Å². The molecule has 4 rings (SSSR count). The summed E-state index contributed by atoms with van der Waals surface area (Å²) in [6.45, 7) is 4.90. The molecule has 0 spiro atoms. The molecule has 6 nitrogen and oxygen atoms in total. The summed E-state index contributed by atoms with van der Waals surface area (Å²) in [6.07, 6.45) is 23.6. The van der Waals surface area contributed by atoms with Crippen LogP contribution >= 0.6 is 0 Å². The zero-order valence-electron chi connectivity index (χ0n) is 32.1. The molecule has 0 saturated heterocycles. The minimum Gasteiger partial charge on any atom is -0.489 e. The van der Waals surface area contributed by atoms with Crippen molar-refractivity contribution in [2.75, 3.05) is 0 Å². The normalized spacial score (nSPS) is 13.6. The Morgan fingerprint density at radius 3 is 1.79 bits per heavy atom. The van der Waals surface area contributed by atoms with Crippen molar-refractivity contribution < 1.29 is 28.5 Å². The number of ether oxygens (including phenoxy) is 4. The second-order valence-electron chi connectivity index (χ2n) is 14.5. The second-order valence-corrected chi connectivity index (χ2v) is 14.5. The largest absolute Gasteiger partial charge is 0.489 e. The number of carbonyl (C=O) groups excluding carboxylic acids is 2. The number of aryl methyl sites for hydroxylation is 1. The Kier molecular flexibility index (Phi) is 19.3. The zero-order chi connectivity index (χ0) is 36.6. The fraction of sp³-hybridized carbons (Fsp3) is 0.565. The van der Waals surface area contributed by atoms with E-state index in [2.05, 4.69) is 13.8 Å². The molecule has 284 valence electrons. The number of unbranched alkanes of at least 4 members (excludes halogenated alkanes) is 16. The lowest BCUT2D eigenvalue weighted by Crippen LogP contribution is -2.18. The predicted octanol–water partition coefficient (Wildman–Crippen LogP) is 13.0. The van der Waals surface area contributed by atoms with Crippen LogP contribution in [0, 0.1) is 0 Å². The number of esters is 2. The van der Waals surface area contributed by atoms with Crippen molar-refractivity contribution in [3.05, 3.63) is 83.4 Å². The lowest BCUT2D eigenvalue weighted by molar-refractivity contribution is -0.135. The van der Waals surface area contributed by atoms with Crippen LogP contribution in [0.1, 0.15) is 171 Å². The maximum Gasteiger partial charge on any atom is 0.311 e. The van der Waals surface area contributed by atoms with E-state index in [0.29, 0.717) is 42.4 Å². The van der Waals surface area contributed by atoms with Crippen LogP contribution in [-0.4, -0.2) is 11.9 Å². The minimum atomic E-state index is -0.320. The van der Waals surface area contributed by atoms with Gasteiger partial charge in [0.2, 0.25) is 0 Å². The van der Waals surface area contributed by atoms with Crippen LogP contribution in [0.3, 0.4) is 0 Å². The highest BCUT2D eigenvalue weighted by atomic mass is 16.5. The molecule has 1 aliphatic rings. The fourth-order valence-corrected chi connectivity index (χ4v) is 6.85. The second kappa shape index (κ2) is 24.4. The molecule has 3 aromatic carbocycles. The van der Waals surface area contributed by atoms with Gasteiger partial charge in [-0.3, -0.25) is 9.59 Å². The highest BCUT2D eigenvalue weighted by molar-refractivity contribution is 5.73. The molecule has 1 unspecified atom stereocenters. The van der Waals surface area contributed by atoms with Crippen molar-refractivity contribution in [2.24, 2.45) is 0 Å². The summed E-state index contributed by atoms with van der Waals surface area (Å²) >= 11 is 0. The lowest BCUT2D eigenvalue weighted by atomic mass is 9.96. The van der Waals surface area contributed by atoms with Crippen LogP contribution in [0.5, 0.6) is 23.0 Å². The molecular formula is C46H64O6. The molecule has 0 radical (unpaired) electrons. The molecule has 0 aromatic heterocycles. The summed E-state index contributed by atoms with van der Waals surface area (Å²) in [5.41, 5.74) is 2.94. The fourth-order valence-electron chi connectivity index (χ4n) is 6.85. The Morgan fingerprint density at radius 1 is 0.615 bits per heavy atom. The Bertz CT molecular complexity index is 1450. The summed E-state index contributed by atoms with van der Waals surface area (Å²) in [6, 6.07) is 21.4. The number of rotatable bonds is 26. The lowest BCUT2D eigenvalue weighted by Gasteiger charge is -2.28. The third-order valence-electron chi connectivity index (χ3n) is 9.99. The maximum absolute atomic E-state index is 13.1. The third kappa shape index (κ3) is 15.4. The molecule has 0 bridgehead atoms. The van der Waals surface area contributed by atoms with E-state index in [-0.39, 0.29) is 18.0 Å². The van der Waals surface area contributed by atoms with Gasteiger partial charge < -0.3 is 18.9 Å². The Labute approximate surface area is 314 Å². The van der Waals surface area contributed by atoms with Gasteiger partial charge in [-0.1, -0.05) is 153 Å². The third-order valence-corrected chi connectivity index (χ3v) is 9.99. The Hall–Kier alpha value is -3.80. The monoisotopic (exact) mass is 712 g/mol. The van der Waals surface area contributed by atoms with Gasteiger partial charge in [0, 0.05) is 30.5 Å². The standard InChI is InChI=1S/C46H64O6/c1-3-5-7-9-11-13-15-17-22-26-45(47)50-40-30-28-38-29-33-42(51-43(38)35-40)41-32-31-39(49-36-37-24-20-19-21-25-37)34-44(41)52-46(48)27-23-18-16-14-12-10-8-6-4-2/h19-21,24-25,28,30-32,34-35,42H,3-18,22-23,26-27,29,33,36H2,1-2H3. The van der Waals surface area contributed by atoms with Crippen LogP contribution in [0.2, 0.25) is 0 Å². The van der Waals surface area contributed by atoms with E-state index >= 15 is 0 Å². The van der Waals surface area contributed by atoms with Crippen LogP contribution in [0.25, 0.3) is 0 Å². The summed E-state index contributed by atoms with van der Waals surface area (Å²) in [7, 11) is 0. The first-order valence-electron chi connectivity index (χ1n) is 20.6. The average Bonchev–Trinajstić information content (AvgIpc) is 3.16. The molecule has 1 atom stereocenters. The number of benzene rings is 3. The first-order valence-corrected chi connectivity index (χ1v) is 20.6. The summed E-state index contributed by atoms with van der Waals surface area (Å²) in [5, 5.41) is 0. The quantitative estimate of drug-likeness (QED) is 0.0469. The average molecular weight is 713 g/mol. The summed E-state index contributed by atoms with van der Waals surface area (Å²) in [4.78, 5) is 25.8. The van der Waals surface area contributed by atoms with E-state index < -0.39 is 0 Å². The molecule has 0 amide bonds. The highest BCUT2D eigenvalue weighted by Crippen LogP contribution is 2.41. The van der Waals surface area contributed by atoms with Gasteiger partial charge in [-0.15, -0.1) is 0 Å². The Morgan fingerprint density at radius 2 is 1.17 bits per heavy atom. The van der Waals surface area contributed by atoms with E-state index in [9.17, 15) is 9.59 Å². The highest BCUT2D eigenvalue weighted by Gasteiger charge is 2.26. The van der Waals surface area contributed by atoms with Gasteiger partial charge in [-0.25, -0.2) is 0 Å². The SMILES string of the molecule is CCCCCCCCCCCC(=O)Oc1ccc2c(c1)OC(c1ccc(OCc3ccccc3)cc1OC(=O)CCCCCCCCCCC)CC2. The molecule has 1 heterocycles. The van der Waals surface area contributed by atoms with Crippen molar-refractivity contribution in [2.45, 2.75) is 168 Å². The van der Waals surface area contributed by atoms with Crippen LogP contribution < -0.4 is 18.9 Å². The molecule has 0 N–H and O–H groups in total. The van der Waals surface area contributed by atoms with Gasteiger partial charge in [-0.2, -0.15) is 0 Å². The molecule has 3 aromatic rings. The van der Waals surface area contributed by atoms with E-state index in [0.717, 1.165) is 61.6 Å². The molecule has 0 aliphatic carbocycles. The summed E-state index contributed by atoms with van der Waals surface area (Å²) in [5.74, 6) is 1.86. The van der Waals surface area contributed by atoms with E-state index in [1.807, 2.05) is 66.7 Å². The number of hydrogen-bond donors (Lipinski definition) is 0. The van der Waals surface area contributed by atoms with Gasteiger partial charge >= 0.3 is 11.9 Å². The molecule has 1 aliphatic heterocycles. The van der Waals surface area contributed by atoms with Crippen LogP contribution in [0.4, 0.5) is 0 Å². The van der Waals surface area contributed by atoms with Crippen molar-refractivity contribution in [3.63, 3.8) is 0 Å². The van der Waals surface area contributed by atoms with E-state index in [1.54, 1.807) is 0 Å². The van der Waals surface area contributed by atoms with Gasteiger partial charge in [0.1, 0.15) is 35.7 Å². The van der Waals surface area contributed by atoms with Gasteiger partial charge in [-0.05, 0) is 55.0 Å². The minimum absolute atomic E-state index is 0.206. The summed E-state index contributed by atoms with van der Waals surface area (Å²) < 4.78 is 24.4. The van der Waals surface area contributed by atoms with Gasteiger partial charge in [0.15, 0.2) is 0 Å². The van der Waals surface area contributed by atoms with Gasteiger partial charge in [0.25, 0.3) is 0 Å². The maximum atomic E-state index is 13.1. The predicted molar refractivity (Wildman–Crippen MR) is 210 cm³/mol. The van der Waals surface area contributed by atoms with Crippen molar-refractivity contribution in [1.82, 2.24) is 0 Å². The van der Waals surface area contributed by atoms with Crippen molar-refractivity contribution >= 4 is 11.9 Å². The van der Waals surface area contributed by atoms with Crippen molar-refractivity contribution in [3.8, 4) is 23.0 Å². The first kappa shape index (κ1) is 41.0. The molecule has 6 heteroatoms. The molecular weight excluding hydrogens is 648 g/mol. The number of carbonyl (C=O) groups is 2. The smallest absolute Gasteiger partial charge is 0.311 e. The molecule has 0 saturated carbocycles. The Balaban J connectivity index is 1.32. The van der Waals surface area contributed by atoms with E-state index in [1.165, 1.54) is 83.5 Å². The van der Waals surface area contributed by atoms with E-state index in [4.69, 9.17) is 18.9 Å². The van der Waals surface area contributed by atoms with Gasteiger partial charge in [0.05, 0.1) is 0 Å².